The molecule has 24 unspecified atom stereocenters. The molecule has 5 heterocycles. The Hall–Kier alpha value is -14.5. The molecule has 6 aromatic rings. The van der Waals surface area contributed by atoms with E-state index in [0.29, 0.717) is 86.6 Å². The number of halogens is 6. The van der Waals surface area contributed by atoms with Crippen LogP contribution in [0, 0.1) is 94.2 Å². The lowest BCUT2D eigenvalue weighted by Gasteiger charge is -2.78. The number of aromatic hydroxyl groups is 11. The van der Waals surface area contributed by atoms with Gasteiger partial charge in [0, 0.05) is 102 Å². The zero-order valence-corrected chi connectivity index (χ0v) is 81.6. The molecule has 754 valence electrons. The van der Waals surface area contributed by atoms with Gasteiger partial charge in [0.2, 0.25) is 50.8 Å². The van der Waals surface area contributed by atoms with Crippen LogP contribution in [-0.2, 0) is 24.0 Å². The number of carboxylic acid groups (broad SMARTS) is 5. The van der Waals surface area contributed by atoms with Crippen LogP contribution in [0.5, 0.6) is 74.7 Å². The number of allylic oxidation sites excluding steroid dienone is 8. The summed E-state index contributed by atoms with van der Waals surface area (Å²) < 4.78 is 27.2. The number of hydrogen-bond acceptors (Lipinski definition) is 25. The van der Waals surface area contributed by atoms with Gasteiger partial charge >= 0.3 is 29.8 Å². The summed E-state index contributed by atoms with van der Waals surface area (Å²) in [6.07, 6.45) is 17.8. The van der Waals surface area contributed by atoms with Crippen molar-refractivity contribution in [2.75, 3.05) is 0 Å². The van der Waals surface area contributed by atoms with Crippen molar-refractivity contribution in [3.05, 3.63) is 273 Å². The van der Waals surface area contributed by atoms with Gasteiger partial charge in [-0.1, -0.05) is 104 Å². The van der Waals surface area contributed by atoms with E-state index in [9.17, 15) is 125 Å². The average Bonchev–Trinajstić information content (AvgIpc) is 1.08. The van der Waals surface area contributed by atoms with E-state index in [1.807, 2.05) is 67.6 Å². The van der Waals surface area contributed by atoms with E-state index >= 15 is 0 Å². The SMILES string of the molecule is C=c1ccc2c(c1)Oc1cc(O)ccc1C=2C1C2C=CC(C2C)C1C(=O)O.CC1C2C=CC1C(c1c3ccc(=O)c(O)c-3oc3c(O)c(O)ccc13)C2C(=O)O.O=C(O)C1C2C=CC(C2)C1c1c2ccc(=O)c(O)c-2oc2c(O)c(O)ccc12.O=C(O)C1CC2C3(Cl)C(Cl)C(Cl)C(Cl)C2(CC1c1c2ccc(=O)c(O)c-2oc2c(O)c(O)ccc12)C3(Cl)Cl.O=C(O)C1CC=CCC1c1c2ccc(=O)cc-2oc2cc(O)ccc12. The van der Waals surface area contributed by atoms with Crippen molar-refractivity contribution in [3.63, 3.8) is 0 Å². The minimum Gasteiger partial charge on any atom is -0.508 e. The standard InChI is InChI=1S/C25H18Cl6O7.C23H20O4.C22H18O7.C21H16O7.C20H16O5/c26-15-20(27)23-6-10(9(22(36)37)5-13(23)24(29,21(15)28)25(23,30)31)14-7-1-3-11(32)16(34)18(7)38-19-8(14)2-4-12(33)17(19)35;1-11-3-5-16-18(9-11)27-19-10-13(24)4-6-17(19)20(16)21-14-7-8-15(12(14)2)22(21)23(25)26;1-8-9-2-3-10(8)17(22(27)28)16(9)15-11-4-6-13(23)18(25)20(11)29-21-12(15)5-7-14(24)19(21)26;22-12-5-3-10-16(14-8-1-2-9(7-8)15(14)21(26)27)11-4-6-13(23)18(25)20(11)28-19(10)17(12)24;21-11-5-7-15-17(9-11)25-18-10-12(22)6-8-16(18)19(15)13-3-1-2-4-14(13)20(23)24/h1-4,9-10,13,15,20-21,32,34-35H,5-6H2,(H,36,37);3-10,12,14-15,21-22,24H,1H2,2H3,(H,25,26);2-10,16-17,23,25-26H,1H3,(H,27,28);1-6,8-9,14-15,22,24-25H,7H2,(H,26,27);1-2,5-10,13-14,21H,3-4H2,(H,23,24). The van der Waals surface area contributed by atoms with Gasteiger partial charge in [-0.3, -0.25) is 43.2 Å². The lowest BCUT2D eigenvalue weighted by atomic mass is 9.38. The van der Waals surface area contributed by atoms with Crippen LogP contribution in [0.15, 0.2) is 231 Å². The zero-order valence-electron chi connectivity index (χ0n) is 77.1. The van der Waals surface area contributed by atoms with Crippen molar-refractivity contribution >= 4 is 155 Å². The molecule has 25 rings (SSSR count). The molecule has 30 nitrogen and oxygen atoms in total. The molecule has 0 radical (unpaired) electrons. The molecule has 19 aliphatic rings. The van der Waals surface area contributed by atoms with Crippen molar-refractivity contribution in [2.24, 2.45) is 94.2 Å². The molecule has 0 spiro atoms. The van der Waals surface area contributed by atoms with Gasteiger partial charge < -0.3 is 104 Å². The number of phenolic OH excluding ortho intramolecular Hbond substituents is 11. The number of hydrogen-bond donors (Lipinski definition) is 16. The first-order valence-corrected chi connectivity index (χ1v) is 49.6. The Morgan fingerprint density at radius 3 is 1.41 bits per heavy atom. The molecule has 0 amide bonds. The van der Waals surface area contributed by atoms with E-state index in [1.165, 1.54) is 72.8 Å². The average molecular weight is 2110 g/mol. The van der Waals surface area contributed by atoms with Crippen LogP contribution in [0.25, 0.3) is 101 Å². The highest BCUT2D eigenvalue weighted by molar-refractivity contribution is 6.58. The molecule has 5 aliphatic heterocycles. The van der Waals surface area contributed by atoms with Crippen LogP contribution in [0.1, 0.15) is 97.4 Å². The van der Waals surface area contributed by atoms with Crippen LogP contribution >= 0.6 is 69.6 Å². The van der Waals surface area contributed by atoms with Crippen LogP contribution in [0.4, 0.5) is 0 Å². The Labute approximate surface area is 860 Å². The maximum Gasteiger partial charge on any atom is 0.307 e. The van der Waals surface area contributed by atoms with Gasteiger partial charge in [-0.05, 0) is 240 Å². The van der Waals surface area contributed by atoms with E-state index in [4.69, 9.17) is 92.0 Å². The number of alkyl halides is 6. The predicted octanol–water partition coefficient (Wildman–Crippen LogP) is 19.1. The van der Waals surface area contributed by atoms with Crippen LogP contribution < -0.4 is 36.9 Å². The second-order valence-corrected chi connectivity index (χ2v) is 43.2. The highest BCUT2D eigenvalue weighted by atomic mass is 35.5. The van der Waals surface area contributed by atoms with E-state index in [2.05, 4.69) is 25.7 Å². The Kier molecular flexibility index (Phi) is 24.1. The fourth-order valence-corrected chi connectivity index (χ4v) is 29.8. The molecule has 16 N–H and O–H groups in total. The normalized spacial score (nSPS) is 29.0. The van der Waals surface area contributed by atoms with Crippen molar-refractivity contribution in [2.45, 2.75) is 95.0 Å². The van der Waals surface area contributed by atoms with E-state index in [0.717, 1.165) is 44.2 Å². The van der Waals surface area contributed by atoms with Crippen LogP contribution in [0.2, 0.25) is 0 Å². The zero-order chi connectivity index (χ0) is 104. The molecule has 6 saturated carbocycles. The molecule has 8 bridgehead atoms. The first kappa shape index (κ1) is 98.5. The van der Waals surface area contributed by atoms with Crippen molar-refractivity contribution in [1.29, 1.82) is 0 Å². The topological polar surface area (TPSA) is 539 Å². The molecular formula is C111H88Cl6O30. The minimum absolute atomic E-state index is 0.00541. The first-order valence-electron chi connectivity index (χ1n) is 47.2. The van der Waals surface area contributed by atoms with Gasteiger partial charge in [-0.25, -0.2) is 0 Å². The fourth-order valence-electron chi connectivity index (χ4n) is 26.3. The maximum atomic E-state index is 12.7. The lowest BCUT2D eigenvalue weighted by molar-refractivity contribution is -0.160. The molecule has 14 aliphatic carbocycles. The third-order valence-corrected chi connectivity index (χ3v) is 37.2. The molecule has 24 atom stereocenters. The van der Waals surface area contributed by atoms with E-state index < -0.39 is 182 Å². The largest absolute Gasteiger partial charge is 0.508 e. The summed E-state index contributed by atoms with van der Waals surface area (Å²) >= 11 is 40.9. The van der Waals surface area contributed by atoms with Gasteiger partial charge in [-0.15, -0.1) is 46.4 Å². The molecule has 6 fully saturated rings. The molecule has 36 heteroatoms. The van der Waals surface area contributed by atoms with Gasteiger partial charge in [0.1, 0.15) is 38.7 Å². The summed E-state index contributed by atoms with van der Waals surface area (Å²) in [5.74, 6) is -14.1. The molecule has 0 aromatic heterocycles. The summed E-state index contributed by atoms with van der Waals surface area (Å²) in [4.78, 5) is 107. The van der Waals surface area contributed by atoms with E-state index in [1.54, 1.807) is 42.5 Å². The minimum atomic E-state index is -1.67. The van der Waals surface area contributed by atoms with Crippen LogP contribution in [0.3, 0.4) is 0 Å². The third-order valence-electron chi connectivity index (χ3n) is 32.8. The van der Waals surface area contributed by atoms with Gasteiger partial charge in [-0.2, -0.15) is 0 Å². The second-order valence-electron chi connectivity index (χ2n) is 39.8. The first-order chi connectivity index (χ1) is 69.9. The predicted molar refractivity (Wildman–Crippen MR) is 542 cm³/mol. The Balaban J connectivity index is 0.000000109. The number of ether oxygens (including phenoxy) is 1. The summed E-state index contributed by atoms with van der Waals surface area (Å²) in [6, 6.07) is 36.6. The van der Waals surface area contributed by atoms with Crippen molar-refractivity contribution in [1.82, 2.24) is 0 Å². The van der Waals surface area contributed by atoms with Crippen molar-refractivity contribution < 1.29 is 128 Å². The van der Waals surface area contributed by atoms with Crippen LogP contribution in [-0.4, -0.2) is 137 Å². The Bertz CT molecular complexity index is 8380. The van der Waals surface area contributed by atoms with Gasteiger partial charge in [0.05, 0.1) is 50.6 Å². The molecule has 0 saturated heterocycles. The summed E-state index contributed by atoms with van der Waals surface area (Å²) in [5, 5.41) is 163. The summed E-state index contributed by atoms with van der Waals surface area (Å²) in [6.45, 7) is 8.13. The van der Waals surface area contributed by atoms with Gasteiger partial charge in [0.15, 0.2) is 56.7 Å². The number of carboxylic acids is 5. The van der Waals surface area contributed by atoms with Gasteiger partial charge in [0.25, 0.3) is 0 Å². The monoisotopic (exact) mass is 2110 g/mol. The molecular weight excluding hydrogens is 2030 g/mol. The summed E-state index contributed by atoms with van der Waals surface area (Å²) in [7, 11) is 0. The third kappa shape index (κ3) is 14.9. The molecule has 6 aromatic carbocycles. The lowest BCUT2D eigenvalue weighted by Crippen LogP contribution is -2.87. The number of phenols is 11. The number of aliphatic carboxylic acids is 5. The number of rotatable bonds is 10. The summed E-state index contributed by atoms with van der Waals surface area (Å²) in [5.41, 5.74) is 2.66. The Morgan fingerprint density at radius 2 is 0.864 bits per heavy atom. The highest BCUT2D eigenvalue weighted by Gasteiger charge is 2.88. The number of benzene rings is 10. The van der Waals surface area contributed by atoms with E-state index in [-0.39, 0.29) is 128 Å². The quantitative estimate of drug-likeness (QED) is 0.0262. The number of carbonyl (C=O) groups is 5. The maximum absolute atomic E-state index is 12.7. The Morgan fingerprint density at radius 1 is 0.401 bits per heavy atom. The number of fused-ring (bicyclic) bond motifs is 16. The fraction of sp³-hybridized carbons (Fsp3) is 0.288. The van der Waals surface area contributed by atoms with Crippen molar-refractivity contribution in [3.8, 4) is 120 Å². The second kappa shape index (κ2) is 36.0. The smallest absolute Gasteiger partial charge is 0.307 e. The highest BCUT2D eigenvalue weighted by Crippen LogP contribution is 2.83. The molecule has 147 heavy (non-hydrogen) atoms.